The monoisotopic (exact) mass is 282 g/mol. The van der Waals surface area contributed by atoms with Crippen LogP contribution in [0.15, 0.2) is 29.8 Å². The number of hydrogen-bond donors (Lipinski definition) is 0. The Kier molecular flexibility index (Phi) is 4.31. The van der Waals surface area contributed by atoms with Gasteiger partial charge in [0.2, 0.25) is 0 Å². The quantitative estimate of drug-likeness (QED) is 0.691. The summed E-state index contributed by atoms with van der Waals surface area (Å²) in [6, 6.07) is 3.33. The molecule has 2 rings (SSSR count). The largest absolute Gasteiger partial charge is 0.416 e. The molecular formula is C16H17F3O. The van der Waals surface area contributed by atoms with Crippen molar-refractivity contribution < 1.29 is 18.0 Å². The van der Waals surface area contributed by atoms with Gasteiger partial charge in [-0.25, -0.2) is 0 Å². The Hall–Kier alpha value is -1.58. The van der Waals surface area contributed by atoms with Crippen LogP contribution in [-0.4, -0.2) is 5.78 Å². The third-order valence-corrected chi connectivity index (χ3v) is 3.63. The Morgan fingerprint density at radius 2 is 1.90 bits per heavy atom. The average Bonchev–Trinajstić information content (AvgIpc) is 2.65. The fraction of sp³-hybridized carbons (Fsp3) is 0.438. The first-order valence-corrected chi connectivity index (χ1v) is 6.81. The van der Waals surface area contributed by atoms with E-state index in [1.54, 1.807) is 6.92 Å². The van der Waals surface area contributed by atoms with Gasteiger partial charge in [-0.2, -0.15) is 13.2 Å². The molecule has 1 aromatic carbocycles. The standard InChI is InChI=1S/C16H17F3O/c1-11-10-13(16(17,18)19)8-9-14(11)15(20)12-6-4-2-3-5-7-12/h6,8-10H,2-5,7H2,1H3. The van der Waals surface area contributed by atoms with Gasteiger partial charge >= 0.3 is 6.18 Å². The Bertz CT molecular complexity index is 541. The molecule has 1 aliphatic carbocycles. The lowest BCUT2D eigenvalue weighted by molar-refractivity contribution is -0.137. The van der Waals surface area contributed by atoms with Crippen LogP contribution in [-0.2, 0) is 6.18 Å². The van der Waals surface area contributed by atoms with Crippen LogP contribution in [0.5, 0.6) is 0 Å². The lowest BCUT2D eigenvalue weighted by Crippen LogP contribution is -2.09. The molecule has 0 unspecified atom stereocenters. The number of benzene rings is 1. The minimum atomic E-state index is -4.37. The van der Waals surface area contributed by atoms with E-state index in [9.17, 15) is 18.0 Å². The summed E-state index contributed by atoms with van der Waals surface area (Å²) in [4.78, 5) is 12.4. The first-order valence-electron chi connectivity index (χ1n) is 6.81. The highest BCUT2D eigenvalue weighted by Gasteiger charge is 2.31. The number of ketones is 1. The molecule has 0 heterocycles. The number of aryl methyl sites for hydroxylation is 1. The van der Waals surface area contributed by atoms with Gasteiger partial charge in [0, 0.05) is 5.56 Å². The Morgan fingerprint density at radius 3 is 2.55 bits per heavy atom. The van der Waals surface area contributed by atoms with Crippen LogP contribution in [0.1, 0.15) is 53.6 Å². The van der Waals surface area contributed by atoms with E-state index < -0.39 is 11.7 Å². The zero-order valence-corrected chi connectivity index (χ0v) is 11.4. The van der Waals surface area contributed by atoms with E-state index in [2.05, 4.69) is 0 Å². The van der Waals surface area contributed by atoms with Crippen LogP contribution < -0.4 is 0 Å². The van der Waals surface area contributed by atoms with E-state index in [4.69, 9.17) is 0 Å². The third-order valence-electron chi connectivity index (χ3n) is 3.63. The summed E-state index contributed by atoms with van der Waals surface area (Å²) in [5, 5.41) is 0. The van der Waals surface area contributed by atoms with Gasteiger partial charge in [-0.3, -0.25) is 4.79 Å². The van der Waals surface area contributed by atoms with Gasteiger partial charge in [0.1, 0.15) is 0 Å². The van der Waals surface area contributed by atoms with E-state index >= 15 is 0 Å². The van der Waals surface area contributed by atoms with Gasteiger partial charge in [-0.15, -0.1) is 0 Å². The van der Waals surface area contributed by atoms with Crippen LogP contribution >= 0.6 is 0 Å². The molecule has 1 aliphatic rings. The number of halogens is 3. The van der Waals surface area contributed by atoms with Gasteiger partial charge in [0.15, 0.2) is 5.78 Å². The summed E-state index contributed by atoms with van der Waals surface area (Å²) < 4.78 is 37.8. The molecule has 1 nitrogen and oxygen atoms in total. The number of allylic oxidation sites excluding steroid dienone is 2. The molecule has 0 N–H and O–H groups in total. The Labute approximate surface area is 116 Å². The summed E-state index contributed by atoms with van der Waals surface area (Å²) in [7, 11) is 0. The van der Waals surface area contributed by atoms with E-state index in [0.717, 1.165) is 49.8 Å². The van der Waals surface area contributed by atoms with E-state index in [-0.39, 0.29) is 5.78 Å². The molecule has 0 radical (unpaired) electrons. The van der Waals surface area contributed by atoms with Crippen molar-refractivity contribution in [3.05, 3.63) is 46.5 Å². The second-order valence-electron chi connectivity index (χ2n) is 5.19. The molecule has 0 saturated carbocycles. The predicted molar refractivity (Wildman–Crippen MR) is 71.7 cm³/mol. The molecule has 0 saturated heterocycles. The minimum Gasteiger partial charge on any atom is -0.289 e. The predicted octanol–water partition coefficient (Wildman–Crippen LogP) is 5.09. The van der Waals surface area contributed by atoms with Crippen LogP contribution in [0.3, 0.4) is 0 Å². The first kappa shape index (κ1) is 14.8. The van der Waals surface area contributed by atoms with Crippen LogP contribution in [0.2, 0.25) is 0 Å². The third kappa shape index (κ3) is 3.30. The molecule has 108 valence electrons. The van der Waals surface area contributed by atoms with Gasteiger partial charge in [0.05, 0.1) is 5.56 Å². The van der Waals surface area contributed by atoms with Crippen molar-refractivity contribution in [2.75, 3.05) is 0 Å². The number of alkyl halides is 3. The normalized spacial score (nSPS) is 16.5. The van der Waals surface area contributed by atoms with Crippen molar-refractivity contribution in [2.45, 2.75) is 45.2 Å². The second kappa shape index (κ2) is 5.81. The first-order chi connectivity index (χ1) is 9.39. The maximum atomic E-state index is 12.6. The summed E-state index contributed by atoms with van der Waals surface area (Å²) >= 11 is 0. The molecule has 0 atom stereocenters. The van der Waals surface area contributed by atoms with E-state index in [1.165, 1.54) is 6.07 Å². The van der Waals surface area contributed by atoms with Crippen molar-refractivity contribution >= 4 is 5.78 Å². The molecule has 0 fully saturated rings. The fourth-order valence-electron chi connectivity index (χ4n) is 2.49. The molecule has 20 heavy (non-hydrogen) atoms. The molecule has 0 bridgehead atoms. The van der Waals surface area contributed by atoms with E-state index in [0.29, 0.717) is 11.1 Å². The lowest BCUT2D eigenvalue weighted by Gasteiger charge is -2.11. The molecule has 0 spiro atoms. The van der Waals surface area contributed by atoms with Crippen molar-refractivity contribution in [2.24, 2.45) is 0 Å². The molecular weight excluding hydrogens is 265 g/mol. The van der Waals surface area contributed by atoms with Gasteiger partial charge < -0.3 is 0 Å². The summed E-state index contributed by atoms with van der Waals surface area (Å²) in [6.45, 7) is 1.56. The molecule has 0 amide bonds. The number of carbonyl (C=O) groups is 1. The zero-order chi connectivity index (χ0) is 14.8. The summed E-state index contributed by atoms with van der Waals surface area (Å²) in [6.07, 6.45) is 2.31. The van der Waals surface area contributed by atoms with Crippen LogP contribution in [0.25, 0.3) is 0 Å². The van der Waals surface area contributed by atoms with Gasteiger partial charge in [-0.05, 0) is 55.9 Å². The molecule has 0 aliphatic heterocycles. The summed E-state index contributed by atoms with van der Waals surface area (Å²) in [5.41, 5.74) is 0.799. The van der Waals surface area contributed by atoms with E-state index in [1.807, 2.05) is 6.08 Å². The van der Waals surface area contributed by atoms with Crippen molar-refractivity contribution in [1.29, 1.82) is 0 Å². The smallest absolute Gasteiger partial charge is 0.289 e. The highest BCUT2D eigenvalue weighted by Crippen LogP contribution is 2.31. The maximum absolute atomic E-state index is 12.6. The highest BCUT2D eigenvalue weighted by atomic mass is 19.4. The van der Waals surface area contributed by atoms with Crippen molar-refractivity contribution in [3.63, 3.8) is 0 Å². The SMILES string of the molecule is Cc1cc(C(F)(F)F)ccc1C(=O)C1=CCCCCC1. The molecule has 4 heteroatoms. The highest BCUT2D eigenvalue weighted by molar-refractivity contribution is 6.09. The molecule has 0 aromatic heterocycles. The number of Topliss-reactive ketones (excluding diaryl/α,β-unsaturated/α-hetero) is 1. The van der Waals surface area contributed by atoms with Crippen LogP contribution in [0.4, 0.5) is 13.2 Å². The zero-order valence-electron chi connectivity index (χ0n) is 11.4. The van der Waals surface area contributed by atoms with Gasteiger partial charge in [0.25, 0.3) is 0 Å². The summed E-state index contributed by atoms with van der Waals surface area (Å²) in [5.74, 6) is -0.127. The Morgan fingerprint density at radius 1 is 1.15 bits per heavy atom. The van der Waals surface area contributed by atoms with Crippen LogP contribution in [0, 0.1) is 6.92 Å². The number of hydrogen-bond acceptors (Lipinski definition) is 1. The average molecular weight is 282 g/mol. The number of rotatable bonds is 2. The van der Waals surface area contributed by atoms with Crippen molar-refractivity contribution in [1.82, 2.24) is 0 Å². The lowest BCUT2D eigenvalue weighted by atomic mass is 9.95. The Balaban J connectivity index is 2.29. The fourth-order valence-corrected chi connectivity index (χ4v) is 2.49. The number of carbonyl (C=O) groups excluding carboxylic acids is 1. The van der Waals surface area contributed by atoms with Crippen molar-refractivity contribution in [3.8, 4) is 0 Å². The molecule has 1 aromatic rings. The van der Waals surface area contributed by atoms with Gasteiger partial charge in [-0.1, -0.05) is 18.6 Å². The topological polar surface area (TPSA) is 17.1 Å². The maximum Gasteiger partial charge on any atom is 0.416 e. The minimum absolute atomic E-state index is 0.127. The second-order valence-corrected chi connectivity index (χ2v) is 5.19.